The maximum absolute atomic E-state index is 9.44. The summed E-state index contributed by atoms with van der Waals surface area (Å²) in [6.07, 6.45) is 9.39. The number of nitrogens with zero attached hydrogens (tertiary/aromatic N) is 10. The van der Waals surface area contributed by atoms with E-state index in [2.05, 4.69) is 257 Å². The van der Waals surface area contributed by atoms with Crippen LogP contribution in [0.2, 0.25) is 0 Å². The first-order valence-corrected chi connectivity index (χ1v) is 44.6. The van der Waals surface area contributed by atoms with Crippen molar-refractivity contribution in [3.05, 3.63) is 504 Å². The van der Waals surface area contributed by atoms with Crippen LogP contribution in [-0.4, -0.2) is 44.4 Å². The van der Waals surface area contributed by atoms with Crippen molar-refractivity contribution in [1.82, 2.24) is 44.4 Å². The Kier molecular flexibility index (Phi) is 17.8. The second kappa shape index (κ2) is 31.8. The molecule has 1 atom stereocenters. The molecule has 1 unspecified atom stereocenters. The van der Waals surface area contributed by atoms with Gasteiger partial charge in [0, 0.05) is 108 Å². The van der Waals surface area contributed by atoms with E-state index in [0.717, 1.165) is 145 Å². The van der Waals surface area contributed by atoms with Crippen molar-refractivity contribution >= 4 is 72.3 Å². The highest BCUT2D eigenvalue weighted by molar-refractivity contribution is 6.15. The minimum absolute atomic E-state index is 0.0859. The molecule has 624 valence electrons. The molecule has 0 saturated heterocycles. The van der Waals surface area contributed by atoms with Gasteiger partial charge in [0.2, 0.25) is 0 Å². The predicted molar refractivity (Wildman–Crippen MR) is 535 cm³/mol. The van der Waals surface area contributed by atoms with Gasteiger partial charge in [0.15, 0.2) is 11.6 Å². The molecule has 5 aliphatic rings. The fourth-order valence-electron chi connectivity index (χ4n) is 20.9. The largest absolute Gasteiger partial charge is 0.454 e. The van der Waals surface area contributed by atoms with E-state index in [1.165, 1.54) is 50.1 Å². The Morgan fingerprint density at radius 1 is 0.318 bits per heavy atom. The van der Waals surface area contributed by atoms with Crippen LogP contribution >= 0.6 is 0 Å². The van der Waals surface area contributed by atoms with Crippen LogP contribution in [0.3, 0.4) is 0 Å². The molecule has 0 amide bonds. The number of allylic oxidation sites excluding steroid dienone is 2. The molecule has 0 bridgehead atoms. The first kappa shape index (κ1) is 74.1. The van der Waals surface area contributed by atoms with Gasteiger partial charge in [-0.3, -0.25) is 24.8 Å². The monoisotopic (exact) mass is 1700 g/mol. The van der Waals surface area contributed by atoms with Gasteiger partial charge in [0.1, 0.15) is 17.3 Å². The Morgan fingerprint density at radius 2 is 0.924 bits per heavy atom. The van der Waals surface area contributed by atoms with E-state index >= 15 is 0 Å². The van der Waals surface area contributed by atoms with Crippen molar-refractivity contribution < 1.29 is 10.2 Å². The average molecular weight is 1700 g/mol. The van der Waals surface area contributed by atoms with Gasteiger partial charge < -0.3 is 9.30 Å². The molecule has 11 nitrogen and oxygen atoms in total. The van der Waals surface area contributed by atoms with Crippen molar-refractivity contribution in [1.29, 1.82) is 0 Å². The normalized spacial score (nSPS) is 15.1. The number of rotatable bonds is 9. The molecular formula is C121H84N10O. The number of anilines is 3. The average Bonchev–Trinajstić information content (AvgIpc) is 1.46. The second-order valence-corrected chi connectivity index (χ2v) is 34.9. The number of benzene rings is 13. The first-order valence-electron chi connectivity index (χ1n) is 46.6. The standard InChI is InChI=1S/C42H30N4.C40H30N2.C39H24N4O/c1-42(2)33-26-44-35(28-15-7-4-8-16-28)24-32(33)40-30-17-9-11-19-37(30)46(38-20-12-10-18-31(38)41(40)42)39-22-21-34-36(45-39)23-29(25-43-34)27-13-5-3-6-14-27;1-39(2)34-22-13-25-42-38(34)36-30-18-6-8-20-32(30)40(28-15-4-3-5-16-28,33-21-9-7-19-31(33)37(36)39)29-17-12-14-27(26-29)35-23-10-11-24-41-35;1-3-13-25(14-4-1)37-27-17-7-10-20-31(27)41-39(42-37)32-23-30-35(24-40-32)44-34-22-12-9-19-29(34)38-36(30)28-18-8-11-21-33(28)43(38)26-15-5-2-6-16-26/h3-26H,1-2H3;3-26H,1-2H3;1-24H/i10D,12D,18D,20D;;. The van der Waals surface area contributed by atoms with Crippen LogP contribution in [0.15, 0.2) is 437 Å². The van der Waals surface area contributed by atoms with Gasteiger partial charge in [-0.25, -0.2) is 19.9 Å². The van der Waals surface area contributed by atoms with E-state index < -0.39 is 10.8 Å². The molecule has 26 rings (SSSR count). The lowest BCUT2D eigenvalue weighted by Crippen LogP contribution is -2.33. The zero-order chi connectivity index (χ0) is 91.7. The van der Waals surface area contributed by atoms with Crippen molar-refractivity contribution in [2.24, 2.45) is 0 Å². The number of aromatic nitrogens is 9. The maximum Gasteiger partial charge on any atom is 0.179 e. The highest BCUT2D eigenvalue weighted by Crippen LogP contribution is 2.63. The Bertz CT molecular complexity index is 8500. The molecule has 21 aromatic rings. The van der Waals surface area contributed by atoms with Crippen LogP contribution in [0.25, 0.3) is 140 Å². The smallest absolute Gasteiger partial charge is 0.179 e. The summed E-state index contributed by atoms with van der Waals surface area (Å²) in [6.45, 7) is 8.94. The second-order valence-electron chi connectivity index (χ2n) is 34.9. The number of ether oxygens (including phenoxy) is 1. The quantitative estimate of drug-likeness (QED) is 0.138. The summed E-state index contributed by atoms with van der Waals surface area (Å²) in [5.41, 5.74) is 34.4. The first-order chi connectivity index (χ1) is 66.7. The van der Waals surface area contributed by atoms with Crippen LogP contribution < -0.4 is 9.64 Å². The summed E-state index contributed by atoms with van der Waals surface area (Å²) in [5.74, 6) is 2.58. The van der Waals surface area contributed by atoms with Gasteiger partial charge in [0.05, 0.1) is 79.0 Å². The lowest BCUT2D eigenvalue weighted by Gasteiger charge is -2.39. The third-order valence-corrected chi connectivity index (χ3v) is 26.7. The van der Waals surface area contributed by atoms with Crippen LogP contribution in [0.1, 0.15) is 100 Å². The van der Waals surface area contributed by atoms with Gasteiger partial charge in [-0.2, -0.15) is 0 Å². The molecule has 0 saturated carbocycles. The number of fused-ring (bicyclic) bond motifs is 21. The molecule has 3 aliphatic carbocycles. The Balaban J connectivity index is 0.000000112. The van der Waals surface area contributed by atoms with E-state index in [0.29, 0.717) is 39.9 Å². The summed E-state index contributed by atoms with van der Waals surface area (Å²) < 4.78 is 45.5. The summed E-state index contributed by atoms with van der Waals surface area (Å²) in [7, 11) is 0. The fraction of sp³-hybridized carbons (Fsp3) is 0.0579. The van der Waals surface area contributed by atoms with Gasteiger partial charge in [-0.05, 0) is 175 Å². The molecule has 11 heteroatoms. The van der Waals surface area contributed by atoms with E-state index in [1.54, 1.807) is 0 Å². The SMILES string of the molecule is CC1(C)C2=C(c3ccccc3C(c3ccccc3)(c3cccc(-c4ccccn4)c3)c3ccccc32)c2ncccc21.[2H]c1c([2H])c([2H])c2c(c1[2H])C1=C(c3ccccc3N2c2ccc3ncc(-c4ccccc4)cc3n2)c2cc(-c3ccccc3)ncc2C1(C)C.c1ccc(-c2nc(-c3cc4c(cn3)Oc3ccccc3-c3c-4c4ccccc4n3-c3ccccc3)nc3ccccc23)cc1. The van der Waals surface area contributed by atoms with Crippen molar-refractivity contribution in [2.75, 3.05) is 4.90 Å². The van der Waals surface area contributed by atoms with Crippen molar-refractivity contribution in [3.8, 4) is 96.0 Å². The number of hydrogen-bond donors (Lipinski definition) is 0. The molecule has 0 fully saturated rings. The Hall–Kier alpha value is -17.0. The lowest BCUT2D eigenvalue weighted by atomic mass is 9.62. The minimum atomic E-state index is -0.645. The molecule has 13 aromatic carbocycles. The highest BCUT2D eigenvalue weighted by atomic mass is 16.5. The van der Waals surface area contributed by atoms with E-state index in [1.807, 2.05) is 194 Å². The molecule has 132 heavy (non-hydrogen) atoms. The minimum Gasteiger partial charge on any atom is -0.454 e. The molecule has 0 radical (unpaired) electrons. The van der Waals surface area contributed by atoms with Crippen molar-refractivity contribution in [2.45, 2.75) is 43.9 Å². The van der Waals surface area contributed by atoms with Crippen molar-refractivity contribution in [3.63, 3.8) is 0 Å². The summed E-state index contributed by atoms with van der Waals surface area (Å²) in [6, 6.07) is 132. The van der Waals surface area contributed by atoms with Gasteiger partial charge in [-0.1, -0.05) is 331 Å². The zero-order valence-electron chi connectivity index (χ0n) is 76.6. The molecule has 2 aliphatic heterocycles. The highest BCUT2D eigenvalue weighted by Gasteiger charge is 2.51. The van der Waals surface area contributed by atoms with E-state index in [9.17, 15) is 2.74 Å². The molecule has 8 aromatic heterocycles. The topological polar surface area (TPSA) is 121 Å². The Morgan fingerprint density at radius 3 is 1.71 bits per heavy atom. The molecular weight excluding hydrogens is 1610 g/mol. The fourth-order valence-corrected chi connectivity index (χ4v) is 20.9. The molecule has 10 heterocycles. The predicted octanol–water partition coefficient (Wildman–Crippen LogP) is 29.2. The summed E-state index contributed by atoms with van der Waals surface area (Å²) >= 11 is 0. The molecule has 0 N–H and O–H groups in total. The van der Waals surface area contributed by atoms with Crippen LogP contribution in [0.5, 0.6) is 11.5 Å². The van der Waals surface area contributed by atoms with Gasteiger partial charge in [0.25, 0.3) is 0 Å². The summed E-state index contributed by atoms with van der Waals surface area (Å²) in [5, 5.41) is 2.14. The zero-order valence-corrected chi connectivity index (χ0v) is 72.6. The number of hydrogen-bond acceptors (Lipinski definition) is 10. The number of pyridine rings is 6. The van der Waals surface area contributed by atoms with Crippen LogP contribution in [0.4, 0.5) is 17.2 Å². The molecule has 0 spiro atoms. The third-order valence-electron chi connectivity index (χ3n) is 26.7. The Labute approximate surface area is 771 Å². The van der Waals surface area contributed by atoms with E-state index in [4.69, 9.17) is 47.4 Å². The number of para-hydroxylation sites is 6. The van der Waals surface area contributed by atoms with E-state index in [-0.39, 0.29) is 29.6 Å². The van der Waals surface area contributed by atoms with Gasteiger partial charge in [-0.15, -0.1) is 0 Å². The summed E-state index contributed by atoms with van der Waals surface area (Å²) in [4.78, 5) is 41.4. The third kappa shape index (κ3) is 12.8. The van der Waals surface area contributed by atoms with Crippen LogP contribution in [-0.2, 0) is 16.2 Å². The lowest BCUT2D eigenvalue weighted by molar-refractivity contribution is 0.485. The maximum atomic E-state index is 9.44. The van der Waals surface area contributed by atoms with Gasteiger partial charge >= 0.3 is 0 Å². The van der Waals surface area contributed by atoms with Crippen LogP contribution in [0, 0.1) is 0 Å².